The number of hydrogen-bond acceptors (Lipinski definition) is 5. The molecule has 0 amide bonds. The molecule has 0 aliphatic heterocycles. The van der Waals surface area contributed by atoms with Crippen LogP contribution in [0.15, 0.2) is 24.3 Å². The van der Waals surface area contributed by atoms with Crippen LogP contribution in [0.3, 0.4) is 0 Å². The summed E-state index contributed by atoms with van der Waals surface area (Å²) < 4.78 is 0. The van der Waals surface area contributed by atoms with E-state index in [1.54, 1.807) is 0 Å². The fourth-order valence-electron chi connectivity index (χ4n) is 2.13. The fraction of sp³-hybridized carbons (Fsp3) is 0.412. The Morgan fingerprint density at radius 1 is 1.09 bits per heavy atom. The van der Waals surface area contributed by atoms with Crippen LogP contribution in [0.5, 0.6) is 0 Å². The maximum absolute atomic E-state index is 4.54. The van der Waals surface area contributed by atoms with Crippen molar-refractivity contribution in [3.63, 3.8) is 0 Å². The minimum absolute atomic E-state index is 0.662. The van der Waals surface area contributed by atoms with Crippen LogP contribution < -0.4 is 10.6 Å². The number of hydrogen-bond donors (Lipinski definition) is 2. The van der Waals surface area contributed by atoms with Crippen molar-refractivity contribution in [2.45, 2.75) is 20.8 Å². The van der Waals surface area contributed by atoms with Crippen molar-refractivity contribution < 1.29 is 0 Å². The van der Waals surface area contributed by atoms with E-state index in [0.717, 1.165) is 30.3 Å². The van der Waals surface area contributed by atoms with E-state index < -0.39 is 0 Å². The van der Waals surface area contributed by atoms with Gasteiger partial charge in [0.2, 0.25) is 5.95 Å². The van der Waals surface area contributed by atoms with Gasteiger partial charge in [-0.25, -0.2) is 4.98 Å². The monoisotopic (exact) mass is 299 g/mol. The number of anilines is 3. The van der Waals surface area contributed by atoms with E-state index in [0.29, 0.717) is 5.95 Å². The number of likely N-dealkylation sites (N-methyl/N-ethyl adjacent to an activating group) is 1. The molecule has 22 heavy (non-hydrogen) atoms. The summed E-state index contributed by atoms with van der Waals surface area (Å²) in [4.78, 5) is 11.1. The van der Waals surface area contributed by atoms with Crippen molar-refractivity contribution in [2.24, 2.45) is 0 Å². The first-order chi connectivity index (χ1) is 10.5. The van der Waals surface area contributed by atoms with E-state index in [4.69, 9.17) is 0 Å². The maximum Gasteiger partial charge on any atom is 0.224 e. The molecule has 0 radical (unpaired) electrons. The normalized spacial score (nSPS) is 10.8. The first-order valence-corrected chi connectivity index (χ1v) is 7.53. The Morgan fingerprint density at radius 3 is 2.59 bits per heavy atom. The predicted octanol–water partition coefficient (Wildman–Crippen LogP) is 3.12. The lowest BCUT2D eigenvalue weighted by Gasteiger charge is -2.14. The smallest absolute Gasteiger partial charge is 0.224 e. The topological polar surface area (TPSA) is 53.1 Å². The van der Waals surface area contributed by atoms with Crippen LogP contribution in [0.1, 0.15) is 16.8 Å². The Morgan fingerprint density at radius 2 is 1.86 bits per heavy atom. The lowest BCUT2D eigenvalue weighted by atomic mass is 10.1. The molecule has 0 bridgehead atoms. The highest BCUT2D eigenvalue weighted by atomic mass is 15.2. The molecule has 2 N–H and O–H groups in total. The van der Waals surface area contributed by atoms with Gasteiger partial charge in [-0.05, 0) is 52.1 Å². The van der Waals surface area contributed by atoms with Crippen LogP contribution in [0.25, 0.3) is 0 Å². The maximum atomic E-state index is 4.54. The van der Waals surface area contributed by atoms with Gasteiger partial charge in [-0.3, -0.25) is 0 Å². The molecule has 118 valence electrons. The lowest BCUT2D eigenvalue weighted by molar-refractivity contribution is 0.425. The van der Waals surface area contributed by atoms with Crippen molar-refractivity contribution >= 4 is 17.5 Å². The highest BCUT2D eigenvalue weighted by Crippen LogP contribution is 2.22. The summed E-state index contributed by atoms with van der Waals surface area (Å²) in [5, 5.41) is 6.66. The molecule has 2 rings (SSSR count). The Bertz CT molecular complexity index is 637. The van der Waals surface area contributed by atoms with Crippen molar-refractivity contribution in [3.8, 4) is 0 Å². The Balaban J connectivity index is 2.14. The molecule has 5 nitrogen and oxygen atoms in total. The molecule has 0 aliphatic carbocycles. The zero-order chi connectivity index (χ0) is 16.1. The number of nitrogens with zero attached hydrogens (tertiary/aromatic N) is 3. The average molecular weight is 299 g/mol. The highest BCUT2D eigenvalue weighted by Gasteiger charge is 2.05. The molecule has 0 saturated carbocycles. The van der Waals surface area contributed by atoms with Gasteiger partial charge in [0.05, 0.1) is 0 Å². The molecule has 0 fully saturated rings. The third kappa shape index (κ3) is 4.43. The molecular weight excluding hydrogens is 274 g/mol. The fourth-order valence-corrected chi connectivity index (χ4v) is 2.13. The molecule has 1 aromatic carbocycles. The minimum atomic E-state index is 0.662. The van der Waals surface area contributed by atoms with Gasteiger partial charge in [-0.1, -0.05) is 12.1 Å². The highest BCUT2D eigenvalue weighted by molar-refractivity contribution is 5.62. The first-order valence-electron chi connectivity index (χ1n) is 7.53. The Labute approximate surface area is 132 Å². The van der Waals surface area contributed by atoms with Gasteiger partial charge in [0.25, 0.3) is 0 Å². The standard InChI is InChI=1S/C17H25N5/c1-12-7-6-8-15(14(12)3)20-16-11-13(2)19-17(21-16)18-9-10-22(4)5/h6-8,11H,9-10H2,1-5H3,(H2,18,19,20,21). The molecule has 1 heterocycles. The first kappa shape index (κ1) is 16.2. The van der Waals surface area contributed by atoms with Crippen LogP contribution in [0.4, 0.5) is 17.5 Å². The third-order valence-electron chi connectivity index (χ3n) is 3.56. The van der Waals surface area contributed by atoms with Crippen LogP contribution in [0.2, 0.25) is 0 Å². The van der Waals surface area contributed by atoms with E-state index in [1.165, 1.54) is 11.1 Å². The van der Waals surface area contributed by atoms with E-state index in [2.05, 4.69) is 57.5 Å². The van der Waals surface area contributed by atoms with E-state index >= 15 is 0 Å². The summed E-state index contributed by atoms with van der Waals surface area (Å²) in [6.45, 7) is 7.96. The summed E-state index contributed by atoms with van der Waals surface area (Å²) in [6.07, 6.45) is 0. The van der Waals surface area contributed by atoms with Gasteiger partial charge < -0.3 is 15.5 Å². The van der Waals surface area contributed by atoms with Crippen LogP contribution >= 0.6 is 0 Å². The van der Waals surface area contributed by atoms with Gasteiger partial charge in [-0.2, -0.15) is 4.98 Å². The Hall–Kier alpha value is -2.14. The van der Waals surface area contributed by atoms with Gasteiger partial charge in [-0.15, -0.1) is 0 Å². The van der Waals surface area contributed by atoms with Crippen LogP contribution in [0, 0.1) is 20.8 Å². The molecule has 0 unspecified atom stereocenters. The number of nitrogens with one attached hydrogen (secondary N) is 2. The molecule has 2 aromatic rings. The molecular formula is C17H25N5. The second-order valence-electron chi connectivity index (χ2n) is 5.82. The predicted molar refractivity (Wildman–Crippen MR) is 93.0 cm³/mol. The number of benzene rings is 1. The van der Waals surface area contributed by atoms with E-state index in [9.17, 15) is 0 Å². The second-order valence-corrected chi connectivity index (χ2v) is 5.82. The zero-order valence-electron chi connectivity index (χ0n) is 14.1. The molecule has 0 spiro atoms. The lowest BCUT2D eigenvalue weighted by Crippen LogP contribution is -2.21. The average Bonchev–Trinajstić information content (AvgIpc) is 2.43. The van der Waals surface area contributed by atoms with Gasteiger partial charge in [0.15, 0.2) is 0 Å². The van der Waals surface area contributed by atoms with Crippen LogP contribution in [-0.4, -0.2) is 42.1 Å². The zero-order valence-corrected chi connectivity index (χ0v) is 14.1. The third-order valence-corrected chi connectivity index (χ3v) is 3.56. The van der Waals surface area contributed by atoms with Crippen molar-refractivity contribution in [2.75, 3.05) is 37.8 Å². The van der Waals surface area contributed by atoms with Crippen molar-refractivity contribution in [3.05, 3.63) is 41.1 Å². The number of aryl methyl sites for hydroxylation is 2. The summed E-state index contributed by atoms with van der Waals surface area (Å²) in [7, 11) is 4.10. The quantitative estimate of drug-likeness (QED) is 0.858. The van der Waals surface area contributed by atoms with Gasteiger partial charge >= 0.3 is 0 Å². The summed E-state index contributed by atoms with van der Waals surface area (Å²) in [5.74, 6) is 1.48. The summed E-state index contributed by atoms with van der Waals surface area (Å²) in [5.41, 5.74) is 4.52. The second kappa shape index (κ2) is 7.22. The summed E-state index contributed by atoms with van der Waals surface area (Å²) in [6, 6.07) is 8.19. The molecule has 0 atom stereocenters. The molecule has 0 aliphatic rings. The number of rotatable bonds is 6. The van der Waals surface area contributed by atoms with Crippen molar-refractivity contribution in [1.29, 1.82) is 0 Å². The van der Waals surface area contributed by atoms with E-state index in [1.807, 2.05) is 27.1 Å². The van der Waals surface area contributed by atoms with Gasteiger partial charge in [0.1, 0.15) is 5.82 Å². The largest absolute Gasteiger partial charge is 0.353 e. The molecule has 5 heteroatoms. The summed E-state index contributed by atoms with van der Waals surface area (Å²) >= 11 is 0. The molecule has 1 aromatic heterocycles. The van der Waals surface area contributed by atoms with Crippen molar-refractivity contribution in [1.82, 2.24) is 14.9 Å². The van der Waals surface area contributed by atoms with E-state index in [-0.39, 0.29) is 0 Å². The molecule has 0 saturated heterocycles. The van der Waals surface area contributed by atoms with Crippen LogP contribution in [-0.2, 0) is 0 Å². The SMILES string of the molecule is Cc1cc(Nc2cccc(C)c2C)nc(NCCN(C)C)n1. The number of aromatic nitrogens is 2. The minimum Gasteiger partial charge on any atom is -0.353 e. The Kier molecular flexibility index (Phi) is 5.33. The van der Waals surface area contributed by atoms with Gasteiger partial charge in [0, 0.05) is 30.5 Å².